The number of nitrogens with zero attached hydrogens (tertiary/aromatic N) is 2. The molecule has 32 heavy (non-hydrogen) atoms. The van der Waals surface area contributed by atoms with Gasteiger partial charge in [-0.1, -0.05) is 66.5 Å². The number of para-hydroxylation sites is 1. The summed E-state index contributed by atoms with van der Waals surface area (Å²) in [6.07, 6.45) is -0.0648. The molecule has 0 radical (unpaired) electrons. The average molecular weight is 467 g/mol. The van der Waals surface area contributed by atoms with E-state index in [1.54, 1.807) is 35.4 Å². The second-order valence-corrected chi connectivity index (χ2v) is 8.70. The fraction of sp³-hybridized carbons (Fsp3) is 0.200. The van der Waals surface area contributed by atoms with E-state index in [0.29, 0.717) is 21.3 Å². The number of carbonyl (C=O) groups excluding carboxylic acids is 2. The van der Waals surface area contributed by atoms with Crippen LogP contribution in [0.25, 0.3) is 0 Å². The lowest BCUT2D eigenvalue weighted by atomic mass is 9.90. The molecule has 5 rings (SSSR count). The molecule has 3 aromatic carbocycles. The zero-order chi connectivity index (χ0) is 22.4. The predicted octanol–water partition coefficient (Wildman–Crippen LogP) is 5.61. The number of imide groups is 1. The van der Waals surface area contributed by atoms with Crippen LogP contribution in [-0.2, 0) is 20.8 Å². The molecule has 5 nitrogen and oxygen atoms in total. The molecule has 0 spiro atoms. The lowest BCUT2D eigenvalue weighted by Gasteiger charge is -2.29. The molecule has 0 unspecified atom stereocenters. The smallest absolute Gasteiger partial charge is 0.266 e. The Morgan fingerprint density at radius 2 is 1.59 bits per heavy atom. The Morgan fingerprint density at radius 1 is 0.875 bits per heavy atom. The molecule has 2 aliphatic rings. The summed E-state index contributed by atoms with van der Waals surface area (Å²) in [5.41, 5.74) is 3.09. The van der Waals surface area contributed by atoms with E-state index < -0.39 is 18.1 Å². The van der Waals surface area contributed by atoms with Crippen LogP contribution in [0.2, 0.25) is 10.0 Å². The van der Waals surface area contributed by atoms with Gasteiger partial charge < -0.3 is 0 Å². The molecular formula is C25H20Cl2N2O3. The van der Waals surface area contributed by atoms with E-state index in [0.717, 1.165) is 17.7 Å². The van der Waals surface area contributed by atoms with Crippen molar-refractivity contribution in [2.45, 2.75) is 25.5 Å². The van der Waals surface area contributed by atoms with E-state index in [1.807, 2.05) is 42.5 Å². The molecule has 0 aliphatic carbocycles. The summed E-state index contributed by atoms with van der Waals surface area (Å²) in [4.78, 5) is 34.3. The summed E-state index contributed by atoms with van der Waals surface area (Å²) in [7, 11) is 0. The SMILES string of the molecule is CCc1ccc(N2C(=O)[C@H]3[C@H](ON(c4ccccc4)[C@H]3c3ccc(Cl)cc3Cl)C2=O)cc1. The van der Waals surface area contributed by atoms with Crippen molar-refractivity contribution in [1.82, 2.24) is 0 Å². The third kappa shape index (κ3) is 3.37. The van der Waals surface area contributed by atoms with Gasteiger partial charge >= 0.3 is 0 Å². The van der Waals surface area contributed by atoms with Crippen LogP contribution in [0.3, 0.4) is 0 Å². The van der Waals surface area contributed by atoms with E-state index in [1.165, 1.54) is 4.90 Å². The van der Waals surface area contributed by atoms with Gasteiger partial charge in [0.1, 0.15) is 5.92 Å². The molecule has 7 heteroatoms. The zero-order valence-electron chi connectivity index (χ0n) is 17.2. The van der Waals surface area contributed by atoms with Crippen molar-refractivity contribution in [2.75, 3.05) is 9.96 Å². The van der Waals surface area contributed by atoms with Crippen LogP contribution in [0.4, 0.5) is 11.4 Å². The molecule has 0 saturated carbocycles. The molecule has 0 N–H and O–H groups in total. The summed E-state index contributed by atoms with van der Waals surface area (Å²) < 4.78 is 0. The molecular weight excluding hydrogens is 447 g/mol. The number of fused-ring (bicyclic) bond motifs is 1. The molecule has 2 saturated heterocycles. The molecule has 0 aromatic heterocycles. The van der Waals surface area contributed by atoms with Crippen LogP contribution >= 0.6 is 23.2 Å². The van der Waals surface area contributed by atoms with Gasteiger partial charge in [-0.15, -0.1) is 0 Å². The summed E-state index contributed by atoms with van der Waals surface area (Å²) in [5, 5.41) is 2.53. The van der Waals surface area contributed by atoms with Gasteiger partial charge in [0.05, 0.1) is 17.4 Å². The van der Waals surface area contributed by atoms with Crippen molar-refractivity contribution in [3.05, 3.63) is 94.0 Å². The van der Waals surface area contributed by atoms with Gasteiger partial charge in [-0.2, -0.15) is 0 Å². The Kier molecular flexibility index (Phi) is 5.41. The Balaban J connectivity index is 1.58. The molecule has 0 bridgehead atoms. The van der Waals surface area contributed by atoms with Crippen LogP contribution < -0.4 is 9.96 Å². The molecule has 3 aromatic rings. The van der Waals surface area contributed by atoms with E-state index in [2.05, 4.69) is 6.92 Å². The minimum Gasteiger partial charge on any atom is -0.273 e. The van der Waals surface area contributed by atoms with Crippen LogP contribution in [0.5, 0.6) is 0 Å². The summed E-state index contributed by atoms with van der Waals surface area (Å²) in [5.74, 6) is -1.43. The van der Waals surface area contributed by atoms with Crippen LogP contribution in [0.1, 0.15) is 24.1 Å². The number of carbonyl (C=O) groups is 2. The molecule has 3 atom stereocenters. The third-order valence-corrected chi connectivity index (χ3v) is 6.57. The van der Waals surface area contributed by atoms with Crippen molar-refractivity contribution in [2.24, 2.45) is 5.92 Å². The first-order valence-corrected chi connectivity index (χ1v) is 11.2. The summed E-state index contributed by atoms with van der Waals surface area (Å²) in [6.45, 7) is 2.05. The van der Waals surface area contributed by atoms with Crippen LogP contribution in [0.15, 0.2) is 72.8 Å². The van der Waals surface area contributed by atoms with Gasteiger partial charge in [0.15, 0.2) is 6.10 Å². The van der Waals surface area contributed by atoms with E-state index in [-0.39, 0.29) is 11.8 Å². The van der Waals surface area contributed by atoms with Crippen molar-refractivity contribution in [3.8, 4) is 0 Å². The van der Waals surface area contributed by atoms with Gasteiger partial charge in [-0.3, -0.25) is 14.4 Å². The third-order valence-electron chi connectivity index (χ3n) is 6.01. The number of benzene rings is 3. The van der Waals surface area contributed by atoms with Crippen molar-refractivity contribution in [3.63, 3.8) is 0 Å². The van der Waals surface area contributed by atoms with E-state index in [4.69, 9.17) is 28.0 Å². The standard InChI is InChI=1S/C25H20Cl2N2O3/c1-2-15-8-11-17(12-9-15)28-24(30)21-22(19-13-10-16(26)14-20(19)27)29(32-23(21)25(28)31)18-6-4-3-5-7-18/h3-14,21-23H,2H2,1H3/t21-,22+,23+/m1/s1. The minimum atomic E-state index is -0.940. The monoisotopic (exact) mass is 466 g/mol. The maximum absolute atomic E-state index is 13.6. The minimum absolute atomic E-state index is 0.307. The quantitative estimate of drug-likeness (QED) is 0.469. The number of anilines is 2. The second-order valence-electron chi connectivity index (χ2n) is 7.86. The van der Waals surface area contributed by atoms with Gasteiger partial charge in [0.25, 0.3) is 5.91 Å². The number of aryl methyl sites for hydroxylation is 1. The largest absolute Gasteiger partial charge is 0.273 e. The number of amides is 2. The Morgan fingerprint density at radius 3 is 2.25 bits per heavy atom. The Hall–Kier alpha value is -2.86. The first-order chi connectivity index (χ1) is 15.5. The highest BCUT2D eigenvalue weighted by Crippen LogP contribution is 2.49. The van der Waals surface area contributed by atoms with Gasteiger partial charge in [0, 0.05) is 10.0 Å². The summed E-state index contributed by atoms with van der Waals surface area (Å²) in [6, 6.07) is 21.4. The lowest BCUT2D eigenvalue weighted by molar-refractivity contribution is -0.126. The Labute approximate surface area is 196 Å². The highest BCUT2D eigenvalue weighted by Gasteiger charge is 2.60. The number of rotatable bonds is 4. The highest BCUT2D eigenvalue weighted by atomic mass is 35.5. The van der Waals surface area contributed by atoms with Crippen molar-refractivity contribution < 1.29 is 14.4 Å². The average Bonchev–Trinajstić information content (AvgIpc) is 3.30. The molecule has 2 amide bonds. The van der Waals surface area contributed by atoms with E-state index in [9.17, 15) is 9.59 Å². The molecule has 162 valence electrons. The predicted molar refractivity (Wildman–Crippen MR) is 125 cm³/mol. The summed E-state index contributed by atoms with van der Waals surface area (Å²) >= 11 is 12.7. The Bertz CT molecular complexity index is 1180. The number of hydroxylamine groups is 1. The van der Waals surface area contributed by atoms with Crippen molar-refractivity contribution >= 4 is 46.4 Å². The van der Waals surface area contributed by atoms with E-state index >= 15 is 0 Å². The lowest BCUT2D eigenvalue weighted by Crippen LogP contribution is -2.37. The maximum Gasteiger partial charge on any atom is 0.266 e. The van der Waals surface area contributed by atoms with Gasteiger partial charge in [-0.05, 0) is 53.9 Å². The van der Waals surface area contributed by atoms with Crippen LogP contribution in [-0.4, -0.2) is 17.9 Å². The number of halogens is 2. The van der Waals surface area contributed by atoms with Crippen LogP contribution in [0, 0.1) is 5.92 Å². The van der Waals surface area contributed by atoms with Gasteiger partial charge in [-0.25, -0.2) is 9.96 Å². The second kappa shape index (κ2) is 8.24. The first-order valence-electron chi connectivity index (χ1n) is 10.4. The normalized spacial score (nSPS) is 22.5. The number of hydrogen-bond acceptors (Lipinski definition) is 4. The maximum atomic E-state index is 13.6. The highest BCUT2D eigenvalue weighted by molar-refractivity contribution is 6.35. The van der Waals surface area contributed by atoms with Crippen molar-refractivity contribution in [1.29, 1.82) is 0 Å². The molecule has 2 aliphatic heterocycles. The fourth-order valence-corrected chi connectivity index (χ4v) is 4.93. The first kappa shape index (κ1) is 21.0. The van der Waals surface area contributed by atoms with Gasteiger partial charge in [0.2, 0.25) is 5.91 Å². The topological polar surface area (TPSA) is 49.9 Å². The fourth-order valence-electron chi connectivity index (χ4n) is 4.41. The number of hydrogen-bond donors (Lipinski definition) is 0. The molecule has 2 fully saturated rings. The zero-order valence-corrected chi connectivity index (χ0v) is 18.8. The molecule has 2 heterocycles.